The van der Waals surface area contributed by atoms with Crippen LogP contribution in [0.4, 0.5) is 0 Å². The predicted molar refractivity (Wildman–Crippen MR) is 71.4 cm³/mol. The summed E-state index contributed by atoms with van der Waals surface area (Å²) in [5.41, 5.74) is 2.63. The molecule has 1 aromatic carbocycles. The largest absolute Gasteiger partial charge is 0.329 e. The summed E-state index contributed by atoms with van der Waals surface area (Å²) in [6.45, 7) is 8.56. The first-order chi connectivity index (χ1) is 6.95. The molecule has 1 aromatic rings. The van der Waals surface area contributed by atoms with Crippen LogP contribution in [0.25, 0.3) is 6.08 Å². The topological polar surface area (TPSA) is 3.24 Å². The van der Waals surface area contributed by atoms with Crippen molar-refractivity contribution in [3.63, 3.8) is 0 Å². The van der Waals surface area contributed by atoms with E-state index in [2.05, 4.69) is 62.6 Å². The van der Waals surface area contributed by atoms with Gasteiger partial charge in [0.2, 0.25) is 0 Å². The van der Waals surface area contributed by atoms with E-state index in [0.717, 1.165) is 0 Å². The van der Waals surface area contributed by atoms with Crippen molar-refractivity contribution < 1.29 is 0 Å². The molecule has 0 amide bonds. The summed E-state index contributed by atoms with van der Waals surface area (Å²) in [4.78, 5) is 0. The molecule has 1 rings (SSSR count). The van der Waals surface area contributed by atoms with Crippen molar-refractivity contribution in [2.75, 3.05) is 14.1 Å². The molecule has 1 nitrogen and oxygen atoms in total. The molecule has 0 aromatic heterocycles. The van der Waals surface area contributed by atoms with Crippen molar-refractivity contribution in [1.29, 1.82) is 0 Å². The monoisotopic (exact) mass is 219 g/mol. The fourth-order valence-electron chi connectivity index (χ4n) is 1.43. The number of hydrogen-bond acceptors (Lipinski definition) is 1. The molecule has 0 aliphatic heterocycles. The lowest BCUT2D eigenvalue weighted by Crippen LogP contribution is -2.45. The van der Waals surface area contributed by atoms with Crippen LogP contribution >= 0.6 is 0 Å². The van der Waals surface area contributed by atoms with Gasteiger partial charge in [0.05, 0.1) is 0 Å². The third kappa shape index (κ3) is 3.32. The summed E-state index contributed by atoms with van der Waals surface area (Å²) in [5, 5.41) is 0. The summed E-state index contributed by atoms with van der Waals surface area (Å²) in [5.74, 6) is 0. The van der Waals surface area contributed by atoms with Crippen molar-refractivity contribution in [3.8, 4) is 0 Å². The van der Waals surface area contributed by atoms with Gasteiger partial charge >= 0.3 is 0 Å². The zero-order valence-electron chi connectivity index (χ0n) is 10.2. The maximum Gasteiger partial charge on any atom is 0.126 e. The first-order valence-electron chi connectivity index (χ1n) is 5.34. The van der Waals surface area contributed by atoms with E-state index in [1.807, 2.05) is 6.08 Å². The number of nitrogens with zero attached hydrogens (tertiary/aromatic N) is 1. The van der Waals surface area contributed by atoms with E-state index < -0.39 is 8.24 Å². The Labute approximate surface area is 94.5 Å². The minimum Gasteiger partial charge on any atom is -0.329 e. The summed E-state index contributed by atoms with van der Waals surface area (Å²) in [6.07, 6.45) is 1.89. The van der Waals surface area contributed by atoms with Crippen molar-refractivity contribution in [1.82, 2.24) is 4.57 Å². The summed E-state index contributed by atoms with van der Waals surface area (Å²) >= 11 is 0. The fraction of sp³-hybridized carbons (Fsp3) is 0.385. The van der Waals surface area contributed by atoms with E-state index in [0.29, 0.717) is 0 Å². The quantitative estimate of drug-likeness (QED) is 0.703. The van der Waals surface area contributed by atoms with Gasteiger partial charge in [-0.3, -0.25) is 0 Å². The van der Waals surface area contributed by atoms with E-state index >= 15 is 0 Å². The second-order valence-electron chi connectivity index (χ2n) is 4.83. The molecule has 0 aliphatic rings. The van der Waals surface area contributed by atoms with Gasteiger partial charge in [-0.25, -0.2) is 0 Å². The molecule has 0 bridgehead atoms. The zero-order valence-corrected chi connectivity index (χ0v) is 11.2. The van der Waals surface area contributed by atoms with Crippen molar-refractivity contribution in [2.24, 2.45) is 0 Å². The highest BCUT2D eigenvalue weighted by Gasteiger charge is 2.23. The SMILES string of the molecule is C=Cc1ccc(C[Si](C)(C)N(C)C)cc1. The molecule has 0 fully saturated rings. The van der Waals surface area contributed by atoms with E-state index in [1.165, 1.54) is 17.2 Å². The standard InChI is InChI=1S/C13H21NSi/c1-6-12-7-9-13(10-8-12)11-15(4,5)14(2)3/h6-10H,1,11H2,2-5H3. The number of rotatable bonds is 4. The van der Waals surface area contributed by atoms with Gasteiger partial charge in [0.15, 0.2) is 0 Å². The zero-order chi connectivity index (χ0) is 11.5. The Kier molecular flexibility index (Phi) is 3.88. The van der Waals surface area contributed by atoms with Gasteiger partial charge in [-0.2, -0.15) is 0 Å². The van der Waals surface area contributed by atoms with Crippen LogP contribution in [-0.4, -0.2) is 26.9 Å². The Morgan fingerprint density at radius 2 is 1.73 bits per heavy atom. The molecule has 0 saturated heterocycles. The molecular weight excluding hydrogens is 198 g/mol. The number of hydrogen-bond donors (Lipinski definition) is 0. The van der Waals surface area contributed by atoms with Crippen LogP contribution < -0.4 is 0 Å². The van der Waals surface area contributed by atoms with Gasteiger partial charge in [0.25, 0.3) is 0 Å². The summed E-state index contributed by atoms with van der Waals surface area (Å²) in [7, 11) is 3.13. The second-order valence-corrected chi connectivity index (χ2v) is 9.70. The van der Waals surface area contributed by atoms with Gasteiger partial charge in [-0.15, -0.1) is 0 Å². The maximum atomic E-state index is 3.76. The van der Waals surface area contributed by atoms with Crippen LogP contribution in [-0.2, 0) is 6.04 Å². The predicted octanol–water partition coefficient (Wildman–Crippen LogP) is 3.18. The lowest BCUT2D eigenvalue weighted by molar-refractivity contribution is 0.617. The summed E-state index contributed by atoms with van der Waals surface area (Å²) < 4.78 is 2.40. The molecule has 0 N–H and O–H groups in total. The second kappa shape index (κ2) is 4.77. The van der Waals surface area contributed by atoms with Crippen LogP contribution in [0.3, 0.4) is 0 Å². The molecular formula is C13H21NSi. The molecule has 0 saturated carbocycles. The molecule has 0 radical (unpaired) electrons. The van der Waals surface area contributed by atoms with E-state index in [4.69, 9.17) is 0 Å². The molecule has 0 aliphatic carbocycles. The van der Waals surface area contributed by atoms with Gasteiger partial charge in [0, 0.05) is 0 Å². The van der Waals surface area contributed by atoms with E-state index in [9.17, 15) is 0 Å². The highest BCUT2D eigenvalue weighted by molar-refractivity contribution is 6.74. The highest BCUT2D eigenvalue weighted by atomic mass is 28.3. The molecule has 0 atom stereocenters. The molecule has 2 heteroatoms. The Bertz CT molecular complexity index is 325. The molecule has 15 heavy (non-hydrogen) atoms. The van der Waals surface area contributed by atoms with Crippen LogP contribution in [0.1, 0.15) is 11.1 Å². The van der Waals surface area contributed by atoms with Gasteiger partial charge in [-0.1, -0.05) is 50.0 Å². The van der Waals surface area contributed by atoms with Gasteiger partial charge in [0.1, 0.15) is 8.24 Å². The van der Waals surface area contributed by atoms with Crippen LogP contribution in [0.5, 0.6) is 0 Å². The Morgan fingerprint density at radius 1 is 1.20 bits per heavy atom. The van der Waals surface area contributed by atoms with Crippen molar-refractivity contribution in [2.45, 2.75) is 19.1 Å². The third-order valence-electron chi connectivity index (χ3n) is 3.06. The fourth-order valence-corrected chi connectivity index (χ4v) is 2.98. The first-order valence-corrected chi connectivity index (χ1v) is 8.50. The van der Waals surface area contributed by atoms with Gasteiger partial charge < -0.3 is 4.57 Å². The number of benzene rings is 1. The van der Waals surface area contributed by atoms with Crippen LogP contribution in [0, 0.1) is 0 Å². The first kappa shape index (κ1) is 12.2. The lowest BCUT2D eigenvalue weighted by Gasteiger charge is -2.30. The molecule has 0 spiro atoms. The average molecular weight is 219 g/mol. The van der Waals surface area contributed by atoms with Crippen molar-refractivity contribution in [3.05, 3.63) is 42.0 Å². The minimum absolute atomic E-state index is 1.20. The van der Waals surface area contributed by atoms with Crippen LogP contribution in [0.15, 0.2) is 30.8 Å². The lowest BCUT2D eigenvalue weighted by atomic mass is 10.1. The summed E-state index contributed by atoms with van der Waals surface area (Å²) in [6, 6.07) is 9.92. The molecule has 0 heterocycles. The maximum absolute atomic E-state index is 3.76. The van der Waals surface area contributed by atoms with E-state index in [1.54, 1.807) is 0 Å². The Morgan fingerprint density at radius 3 is 2.13 bits per heavy atom. The Balaban J connectivity index is 2.77. The highest BCUT2D eigenvalue weighted by Crippen LogP contribution is 2.14. The molecule has 82 valence electrons. The normalized spacial score (nSPS) is 11.8. The van der Waals surface area contributed by atoms with Crippen molar-refractivity contribution >= 4 is 14.3 Å². The smallest absolute Gasteiger partial charge is 0.126 e. The van der Waals surface area contributed by atoms with E-state index in [-0.39, 0.29) is 0 Å². The average Bonchev–Trinajstić information content (AvgIpc) is 2.18. The van der Waals surface area contributed by atoms with Crippen LogP contribution in [0.2, 0.25) is 13.1 Å². The van der Waals surface area contributed by atoms with Gasteiger partial charge in [-0.05, 0) is 31.3 Å². The third-order valence-corrected chi connectivity index (χ3v) is 6.76. The molecule has 0 unspecified atom stereocenters. The minimum atomic E-state index is -1.24. The Hall–Kier alpha value is -0.863.